The lowest BCUT2D eigenvalue weighted by molar-refractivity contribution is -0.133. The van der Waals surface area contributed by atoms with E-state index < -0.39 is 11.6 Å². The summed E-state index contributed by atoms with van der Waals surface area (Å²) in [6.07, 6.45) is 3.53. The molecular formula is C25H31N3O3. The molecule has 164 valence electrons. The number of amides is 3. The largest absolute Gasteiger partial charge is 0.325 e. The number of hydrogen-bond donors (Lipinski definition) is 1. The Morgan fingerprint density at radius 3 is 2.52 bits per heavy atom. The molecule has 1 aliphatic carbocycles. The molecule has 1 aromatic heterocycles. The Bertz CT molecular complexity index is 1080. The molecule has 1 N–H and O–H groups in total. The van der Waals surface area contributed by atoms with Crippen LogP contribution < -0.4 is 5.32 Å². The number of carbonyl (C=O) groups excluding carboxylic acids is 3. The van der Waals surface area contributed by atoms with Crippen LogP contribution in [0.5, 0.6) is 0 Å². The molecule has 1 spiro atoms. The maximum absolute atomic E-state index is 13.2. The minimum atomic E-state index is -0.841. The summed E-state index contributed by atoms with van der Waals surface area (Å²) in [7, 11) is 0. The van der Waals surface area contributed by atoms with Crippen LogP contribution in [0.1, 0.15) is 65.5 Å². The molecule has 0 unspecified atom stereocenters. The number of Topliss-reactive ketones (excluding diaryl/α,β-unsaturated/α-hetero) is 1. The van der Waals surface area contributed by atoms with Gasteiger partial charge in [-0.2, -0.15) is 0 Å². The molecule has 6 nitrogen and oxygen atoms in total. The predicted molar refractivity (Wildman–Crippen MR) is 120 cm³/mol. The van der Waals surface area contributed by atoms with Crippen LogP contribution in [0.4, 0.5) is 4.79 Å². The topological polar surface area (TPSA) is 71.4 Å². The average Bonchev–Trinajstić information content (AvgIpc) is 3.15. The van der Waals surface area contributed by atoms with Crippen molar-refractivity contribution in [1.82, 2.24) is 14.8 Å². The molecule has 3 amide bonds. The summed E-state index contributed by atoms with van der Waals surface area (Å²) < 4.78 is 2.05. The first kappa shape index (κ1) is 21.3. The molecule has 0 radical (unpaired) electrons. The number of nitrogens with zero attached hydrogens (tertiary/aromatic N) is 2. The van der Waals surface area contributed by atoms with Gasteiger partial charge >= 0.3 is 6.03 Å². The zero-order valence-electron chi connectivity index (χ0n) is 19.0. The van der Waals surface area contributed by atoms with Crippen molar-refractivity contribution >= 4 is 17.7 Å². The normalized spacial score (nSPS) is 23.5. The smallest absolute Gasteiger partial charge is 0.323 e. The molecule has 1 saturated heterocycles. The van der Waals surface area contributed by atoms with Crippen molar-refractivity contribution < 1.29 is 14.4 Å². The Balaban J connectivity index is 1.60. The van der Waals surface area contributed by atoms with Crippen LogP contribution in [-0.4, -0.2) is 39.3 Å². The highest BCUT2D eigenvalue weighted by Gasteiger charge is 2.55. The summed E-state index contributed by atoms with van der Waals surface area (Å²) in [5, 5.41) is 2.92. The van der Waals surface area contributed by atoms with Crippen LogP contribution >= 0.6 is 0 Å². The number of imide groups is 1. The third kappa shape index (κ3) is 3.38. The summed E-state index contributed by atoms with van der Waals surface area (Å²) in [5.41, 5.74) is 4.87. The lowest BCUT2D eigenvalue weighted by Gasteiger charge is -2.36. The van der Waals surface area contributed by atoms with Gasteiger partial charge in [0, 0.05) is 22.6 Å². The molecule has 1 aromatic carbocycles. The van der Waals surface area contributed by atoms with Gasteiger partial charge in [-0.3, -0.25) is 14.5 Å². The zero-order valence-corrected chi connectivity index (χ0v) is 19.0. The maximum Gasteiger partial charge on any atom is 0.325 e. The Labute approximate surface area is 183 Å². The van der Waals surface area contributed by atoms with E-state index in [1.807, 2.05) is 32.9 Å². The van der Waals surface area contributed by atoms with E-state index in [-0.39, 0.29) is 24.2 Å². The fourth-order valence-electron chi connectivity index (χ4n) is 5.17. The van der Waals surface area contributed by atoms with Crippen LogP contribution in [0.25, 0.3) is 5.69 Å². The van der Waals surface area contributed by atoms with Gasteiger partial charge in [0.15, 0.2) is 5.78 Å². The fraction of sp³-hybridized carbons (Fsp3) is 0.480. The van der Waals surface area contributed by atoms with Crippen molar-refractivity contribution in [3.63, 3.8) is 0 Å². The number of ketones is 1. The number of aromatic nitrogens is 1. The van der Waals surface area contributed by atoms with Crippen LogP contribution in [0, 0.1) is 33.6 Å². The second-order valence-corrected chi connectivity index (χ2v) is 9.25. The molecule has 2 aromatic rings. The van der Waals surface area contributed by atoms with Gasteiger partial charge in [-0.15, -0.1) is 0 Å². The van der Waals surface area contributed by atoms with Gasteiger partial charge in [-0.1, -0.05) is 25.8 Å². The minimum Gasteiger partial charge on any atom is -0.323 e. The molecule has 2 aliphatic rings. The number of nitrogens with one attached hydrogen (secondary N) is 1. The second kappa shape index (κ2) is 7.66. The molecule has 2 heterocycles. The molecule has 31 heavy (non-hydrogen) atoms. The summed E-state index contributed by atoms with van der Waals surface area (Å²) in [5.74, 6) is -0.388. The van der Waals surface area contributed by atoms with Crippen molar-refractivity contribution in [2.45, 2.75) is 65.8 Å². The number of aryl methyl sites for hydroxylation is 3. The standard InChI is InChI=1S/C25H31N3O3/c1-15-9-10-20(12-16(15)2)28-18(4)13-21(19(28)5)22(29)14-27-23(30)25(26-24(27)31)11-7-6-8-17(25)3/h9-10,12-13,17H,6-8,11,14H2,1-5H3,(H,26,31)/t17-,25+/m1/s1. The number of carbonyl (C=O) groups is 3. The molecule has 4 rings (SSSR count). The maximum atomic E-state index is 13.2. The van der Waals surface area contributed by atoms with E-state index in [9.17, 15) is 14.4 Å². The molecular weight excluding hydrogens is 390 g/mol. The monoisotopic (exact) mass is 421 g/mol. The average molecular weight is 422 g/mol. The molecule has 1 saturated carbocycles. The number of urea groups is 1. The quantitative estimate of drug-likeness (QED) is 0.588. The summed E-state index contributed by atoms with van der Waals surface area (Å²) >= 11 is 0. The van der Waals surface area contributed by atoms with Gasteiger partial charge in [0.25, 0.3) is 5.91 Å². The first-order valence-corrected chi connectivity index (χ1v) is 11.1. The third-order valence-corrected chi connectivity index (χ3v) is 7.28. The van der Waals surface area contributed by atoms with Gasteiger partial charge < -0.3 is 9.88 Å². The van der Waals surface area contributed by atoms with Crippen LogP contribution in [0.15, 0.2) is 24.3 Å². The first-order valence-electron chi connectivity index (χ1n) is 11.1. The van der Waals surface area contributed by atoms with Crippen LogP contribution in [0.3, 0.4) is 0 Å². The highest BCUT2D eigenvalue weighted by atomic mass is 16.2. The fourth-order valence-corrected chi connectivity index (χ4v) is 5.17. The predicted octanol–water partition coefficient (Wildman–Crippen LogP) is 4.39. The van der Waals surface area contributed by atoms with E-state index in [0.29, 0.717) is 12.0 Å². The summed E-state index contributed by atoms with van der Waals surface area (Å²) in [6, 6.07) is 7.63. The summed E-state index contributed by atoms with van der Waals surface area (Å²) in [4.78, 5) is 40.2. The number of hydrogen-bond acceptors (Lipinski definition) is 3. The van der Waals surface area contributed by atoms with Crippen LogP contribution in [-0.2, 0) is 4.79 Å². The molecule has 2 atom stereocenters. The van der Waals surface area contributed by atoms with E-state index in [1.54, 1.807) is 0 Å². The highest BCUT2D eigenvalue weighted by Crippen LogP contribution is 2.38. The molecule has 6 heteroatoms. The van der Waals surface area contributed by atoms with Crippen LogP contribution in [0.2, 0.25) is 0 Å². The Kier molecular flexibility index (Phi) is 5.28. The van der Waals surface area contributed by atoms with Gasteiger partial charge in [0.2, 0.25) is 0 Å². The zero-order chi connectivity index (χ0) is 22.5. The molecule has 1 aliphatic heterocycles. The van der Waals surface area contributed by atoms with Gasteiger partial charge in [-0.25, -0.2) is 4.79 Å². The Morgan fingerprint density at radius 2 is 1.84 bits per heavy atom. The first-order chi connectivity index (χ1) is 14.7. The lowest BCUT2D eigenvalue weighted by Crippen LogP contribution is -2.54. The van der Waals surface area contributed by atoms with E-state index in [1.165, 1.54) is 11.1 Å². The van der Waals surface area contributed by atoms with Crippen molar-refractivity contribution in [2.75, 3.05) is 6.54 Å². The third-order valence-electron chi connectivity index (χ3n) is 7.28. The lowest BCUT2D eigenvalue weighted by atomic mass is 9.73. The van der Waals surface area contributed by atoms with Crippen molar-refractivity contribution in [3.05, 3.63) is 52.3 Å². The molecule has 0 bridgehead atoms. The Hall–Kier alpha value is -2.89. The van der Waals surface area contributed by atoms with Crippen molar-refractivity contribution in [3.8, 4) is 5.69 Å². The van der Waals surface area contributed by atoms with Gasteiger partial charge in [0.05, 0.1) is 6.54 Å². The van der Waals surface area contributed by atoms with E-state index >= 15 is 0 Å². The summed E-state index contributed by atoms with van der Waals surface area (Å²) in [6.45, 7) is 9.80. The van der Waals surface area contributed by atoms with E-state index in [2.05, 4.69) is 35.9 Å². The molecule has 2 fully saturated rings. The van der Waals surface area contributed by atoms with E-state index in [0.717, 1.165) is 41.2 Å². The highest BCUT2D eigenvalue weighted by molar-refractivity contribution is 6.11. The van der Waals surface area contributed by atoms with E-state index in [4.69, 9.17) is 0 Å². The van der Waals surface area contributed by atoms with Crippen molar-refractivity contribution in [2.24, 2.45) is 5.92 Å². The number of rotatable bonds is 4. The second-order valence-electron chi connectivity index (χ2n) is 9.25. The van der Waals surface area contributed by atoms with Gasteiger partial charge in [0.1, 0.15) is 5.54 Å². The minimum absolute atomic E-state index is 0.0765. The van der Waals surface area contributed by atoms with Gasteiger partial charge in [-0.05, 0) is 75.8 Å². The van der Waals surface area contributed by atoms with Crippen molar-refractivity contribution in [1.29, 1.82) is 0 Å². The SMILES string of the molecule is Cc1ccc(-n2c(C)cc(C(=O)CN3C(=O)N[C@]4(CCCC[C@H]4C)C3=O)c2C)cc1C. The Morgan fingerprint density at radius 1 is 1.10 bits per heavy atom. The number of benzene rings is 1.